The first-order valence-corrected chi connectivity index (χ1v) is 7.34. The molecule has 0 aliphatic heterocycles. The Kier molecular flexibility index (Phi) is 3.88. The van der Waals surface area contributed by atoms with Gasteiger partial charge in [0.15, 0.2) is 0 Å². The Hall–Kier alpha value is -1.94. The van der Waals surface area contributed by atoms with Crippen LogP contribution in [0.15, 0.2) is 30.3 Å². The number of halogens is 1. The van der Waals surface area contributed by atoms with Crippen molar-refractivity contribution in [3.05, 3.63) is 58.5 Å². The van der Waals surface area contributed by atoms with Crippen LogP contribution < -0.4 is 10.6 Å². The number of fused-ring (bicyclic) bond motifs is 1. The summed E-state index contributed by atoms with van der Waals surface area (Å²) in [4.78, 5) is 6.90. The lowest BCUT2D eigenvalue weighted by atomic mass is 10.1. The van der Waals surface area contributed by atoms with Crippen molar-refractivity contribution < 1.29 is 4.39 Å². The molecule has 0 amide bonds. The lowest BCUT2D eigenvalue weighted by Crippen LogP contribution is -2.21. The van der Waals surface area contributed by atoms with Gasteiger partial charge in [0, 0.05) is 31.4 Å². The van der Waals surface area contributed by atoms with Crippen LogP contribution in [0.1, 0.15) is 28.8 Å². The first kappa shape index (κ1) is 14.0. The Morgan fingerprint density at radius 3 is 2.71 bits per heavy atom. The van der Waals surface area contributed by atoms with Crippen LogP contribution in [0.4, 0.5) is 10.2 Å². The third-order valence-corrected chi connectivity index (χ3v) is 4.02. The number of nitrogens with zero attached hydrogens (tertiary/aromatic N) is 2. The molecule has 1 aliphatic rings. The summed E-state index contributed by atoms with van der Waals surface area (Å²) >= 11 is 0. The molecular weight excluding hydrogens is 265 g/mol. The molecule has 0 fully saturated rings. The van der Waals surface area contributed by atoms with E-state index in [1.807, 2.05) is 7.05 Å². The smallest absolute Gasteiger partial charge is 0.133 e. The van der Waals surface area contributed by atoms with Gasteiger partial charge in [0.05, 0.1) is 0 Å². The number of hydrogen-bond donors (Lipinski definition) is 1. The average Bonchev–Trinajstić information content (AvgIpc) is 2.95. The molecule has 21 heavy (non-hydrogen) atoms. The van der Waals surface area contributed by atoms with E-state index in [2.05, 4.69) is 11.0 Å². The fraction of sp³-hybridized carbons (Fsp3) is 0.353. The second-order valence-corrected chi connectivity index (χ2v) is 5.62. The highest BCUT2D eigenvalue weighted by molar-refractivity contribution is 5.50. The van der Waals surface area contributed by atoms with Gasteiger partial charge in [0.2, 0.25) is 0 Å². The summed E-state index contributed by atoms with van der Waals surface area (Å²) in [7, 11) is 2.01. The monoisotopic (exact) mass is 285 g/mol. The predicted octanol–water partition coefficient (Wildman–Crippen LogP) is 2.80. The minimum Gasteiger partial charge on any atom is -0.355 e. The van der Waals surface area contributed by atoms with Crippen LogP contribution in [-0.2, 0) is 25.9 Å². The minimum absolute atomic E-state index is 0.209. The lowest BCUT2D eigenvalue weighted by Gasteiger charge is -2.22. The van der Waals surface area contributed by atoms with E-state index in [1.54, 1.807) is 12.1 Å². The number of aromatic nitrogens is 1. The van der Waals surface area contributed by atoms with Gasteiger partial charge in [0.1, 0.15) is 11.6 Å². The van der Waals surface area contributed by atoms with Crippen molar-refractivity contribution in [3.63, 3.8) is 0 Å². The van der Waals surface area contributed by atoms with Gasteiger partial charge in [-0.2, -0.15) is 0 Å². The van der Waals surface area contributed by atoms with Gasteiger partial charge in [0.25, 0.3) is 0 Å². The van der Waals surface area contributed by atoms with Crippen LogP contribution in [0.2, 0.25) is 0 Å². The zero-order chi connectivity index (χ0) is 14.8. The molecule has 1 heterocycles. The second kappa shape index (κ2) is 5.82. The fourth-order valence-electron chi connectivity index (χ4n) is 2.93. The van der Waals surface area contributed by atoms with E-state index in [-0.39, 0.29) is 5.82 Å². The molecule has 1 aromatic carbocycles. The molecule has 3 rings (SSSR count). The van der Waals surface area contributed by atoms with Crippen LogP contribution in [0.25, 0.3) is 0 Å². The highest BCUT2D eigenvalue weighted by atomic mass is 19.1. The first-order chi connectivity index (χ1) is 10.2. The van der Waals surface area contributed by atoms with Crippen molar-refractivity contribution in [2.45, 2.75) is 32.4 Å². The summed E-state index contributed by atoms with van der Waals surface area (Å²) in [6.07, 6.45) is 3.34. The van der Waals surface area contributed by atoms with Crippen molar-refractivity contribution in [1.82, 2.24) is 4.98 Å². The van der Waals surface area contributed by atoms with Crippen LogP contribution >= 0.6 is 0 Å². The molecule has 3 nitrogen and oxygen atoms in total. The number of benzene rings is 1. The zero-order valence-electron chi connectivity index (χ0n) is 12.3. The van der Waals surface area contributed by atoms with Gasteiger partial charge in [-0.3, -0.25) is 0 Å². The van der Waals surface area contributed by atoms with Crippen LogP contribution in [0, 0.1) is 5.82 Å². The van der Waals surface area contributed by atoms with Crippen LogP contribution in [-0.4, -0.2) is 12.0 Å². The Morgan fingerprint density at radius 2 is 2.00 bits per heavy atom. The van der Waals surface area contributed by atoms with E-state index in [0.717, 1.165) is 29.8 Å². The average molecular weight is 285 g/mol. The predicted molar refractivity (Wildman–Crippen MR) is 82.7 cm³/mol. The SMILES string of the molecule is CN(Cc1ccc(F)cc1)c1nc2c(cc1CN)CCC2. The van der Waals surface area contributed by atoms with Gasteiger partial charge in [-0.05, 0) is 48.6 Å². The number of pyridine rings is 1. The van der Waals surface area contributed by atoms with Gasteiger partial charge in [-0.25, -0.2) is 9.37 Å². The fourth-order valence-corrected chi connectivity index (χ4v) is 2.93. The summed E-state index contributed by atoms with van der Waals surface area (Å²) in [5.74, 6) is 0.738. The van der Waals surface area contributed by atoms with E-state index < -0.39 is 0 Å². The van der Waals surface area contributed by atoms with E-state index in [1.165, 1.54) is 29.8 Å². The van der Waals surface area contributed by atoms with E-state index in [4.69, 9.17) is 10.7 Å². The van der Waals surface area contributed by atoms with E-state index in [0.29, 0.717) is 13.1 Å². The third kappa shape index (κ3) is 2.90. The molecule has 0 unspecified atom stereocenters. The zero-order valence-corrected chi connectivity index (χ0v) is 12.3. The van der Waals surface area contributed by atoms with Crippen molar-refractivity contribution in [1.29, 1.82) is 0 Å². The largest absolute Gasteiger partial charge is 0.355 e. The maximum absolute atomic E-state index is 13.0. The Bertz CT molecular complexity index is 637. The van der Waals surface area contributed by atoms with Gasteiger partial charge < -0.3 is 10.6 Å². The van der Waals surface area contributed by atoms with E-state index in [9.17, 15) is 4.39 Å². The Balaban J connectivity index is 1.86. The molecule has 0 atom stereocenters. The summed E-state index contributed by atoms with van der Waals surface area (Å²) in [5.41, 5.74) is 10.6. The molecule has 0 bridgehead atoms. The molecule has 110 valence electrons. The molecule has 1 aliphatic carbocycles. The number of anilines is 1. The first-order valence-electron chi connectivity index (χ1n) is 7.34. The molecular formula is C17H20FN3. The normalized spacial score (nSPS) is 13.3. The molecule has 4 heteroatoms. The second-order valence-electron chi connectivity index (χ2n) is 5.62. The summed E-state index contributed by atoms with van der Waals surface area (Å²) in [6.45, 7) is 1.18. The highest BCUT2D eigenvalue weighted by Crippen LogP contribution is 2.27. The maximum Gasteiger partial charge on any atom is 0.133 e. The summed E-state index contributed by atoms with van der Waals surface area (Å²) < 4.78 is 13.0. The van der Waals surface area contributed by atoms with Gasteiger partial charge >= 0.3 is 0 Å². The van der Waals surface area contributed by atoms with Crippen molar-refractivity contribution >= 4 is 5.82 Å². The topological polar surface area (TPSA) is 42.2 Å². The summed E-state index contributed by atoms with van der Waals surface area (Å²) in [5, 5.41) is 0. The van der Waals surface area contributed by atoms with Crippen molar-refractivity contribution in [2.75, 3.05) is 11.9 Å². The number of aryl methyl sites for hydroxylation is 2. The van der Waals surface area contributed by atoms with Crippen LogP contribution in [0.5, 0.6) is 0 Å². The van der Waals surface area contributed by atoms with Crippen LogP contribution in [0.3, 0.4) is 0 Å². The molecule has 1 aromatic heterocycles. The molecule has 2 aromatic rings. The van der Waals surface area contributed by atoms with E-state index >= 15 is 0 Å². The lowest BCUT2D eigenvalue weighted by molar-refractivity contribution is 0.627. The summed E-state index contributed by atoms with van der Waals surface area (Å²) in [6, 6.07) is 8.79. The number of rotatable bonds is 4. The highest BCUT2D eigenvalue weighted by Gasteiger charge is 2.17. The Labute approximate surface area is 124 Å². The minimum atomic E-state index is -0.209. The van der Waals surface area contributed by atoms with Crippen molar-refractivity contribution in [2.24, 2.45) is 5.73 Å². The number of nitrogens with two attached hydrogens (primary N) is 1. The molecule has 2 N–H and O–H groups in total. The third-order valence-electron chi connectivity index (χ3n) is 4.02. The van der Waals surface area contributed by atoms with Gasteiger partial charge in [-0.15, -0.1) is 0 Å². The van der Waals surface area contributed by atoms with Crippen molar-refractivity contribution in [3.8, 4) is 0 Å². The quantitative estimate of drug-likeness (QED) is 0.939. The molecule has 0 radical (unpaired) electrons. The van der Waals surface area contributed by atoms with Gasteiger partial charge in [-0.1, -0.05) is 12.1 Å². The number of hydrogen-bond acceptors (Lipinski definition) is 3. The standard InChI is InChI=1S/C17H20FN3/c1-21(11-12-5-7-15(18)8-6-12)17-14(10-19)9-13-3-2-4-16(13)20-17/h5-9H,2-4,10-11,19H2,1H3. The Morgan fingerprint density at radius 1 is 1.24 bits per heavy atom. The maximum atomic E-state index is 13.0. The molecule has 0 spiro atoms. The molecule has 0 saturated carbocycles. The molecule has 0 saturated heterocycles.